The molecule has 0 atom stereocenters. The molecule has 0 aromatic heterocycles. The number of rotatable bonds is 4. The lowest BCUT2D eigenvalue weighted by molar-refractivity contribution is 1.17. The molecule has 216 valence electrons. The van der Waals surface area contributed by atoms with Gasteiger partial charge in [0.15, 0.2) is 0 Å². The van der Waals surface area contributed by atoms with Gasteiger partial charge in [0.1, 0.15) is 0 Å². The first-order valence-electron chi connectivity index (χ1n) is 15.2. The van der Waals surface area contributed by atoms with Gasteiger partial charge in [0, 0.05) is 15.2 Å². The lowest BCUT2D eigenvalue weighted by Crippen LogP contribution is -2.16. The van der Waals surface area contributed by atoms with E-state index in [4.69, 9.17) is 11.6 Å². The van der Waals surface area contributed by atoms with Gasteiger partial charge in [-0.1, -0.05) is 126 Å². The van der Waals surface area contributed by atoms with E-state index < -0.39 is 0 Å². The Morgan fingerprint density at radius 3 is 2.02 bits per heavy atom. The van der Waals surface area contributed by atoms with E-state index >= 15 is 0 Å². The lowest BCUT2D eigenvalue weighted by Gasteiger charge is -2.34. The fourth-order valence-corrected chi connectivity index (χ4v) is 7.88. The molecule has 1 aliphatic heterocycles. The minimum Gasteiger partial charge on any atom is -0.306 e. The van der Waals surface area contributed by atoms with Crippen LogP contribution in [0.3, 0.4) is 0 Å². The van der Waals surface area contributed by atoms with Gasteiger partial charge in [-0.3, -0.25) is 0 Å². The van der Waals surface area contributed by atoms with Gasteiger partial charge in [0.2, 0.25) is 0 Å². The van der Waals surface area contributed by atoms with Gasteiger partial charge in [-0.2, -0.15) is 0 Å². The van der Waals surface area contributed by atoms with Crippen LogP contribution in [0.1, 0.15) is 11.1 Å². The second-order valence-corrected chi connectivity index (χ2v) is 13.1. The molecule has 0 spiro atoms. The van der Waals surface area contributed by atoms with Crippen molar-refractivity contribution in [1.29, 1.82) is 0 Å². The van der Waals surface area contributed by atoms with Crippen LogP contribution in [0.25, 0.3) is 44.2 Å². The second-order valence-electron chi connectivity index (χ2n) is 11.6. The predicted molar refractivity (Wildman–Crippen MR) is 194 cm³/mol. The summed E-state index contributed by atoms with van der Waals surface area (Å²) in [4.78, 5) is 4.72. The van der Waals surface area contributed by atoms with E-state index in [-0.39, 0.29) is 0 Å². The number of hydrogen-bond acceptors (Lipinski definition) is 2. The van der Waals surface area contributed by atoms with Crippen LogP contribution < -0.4 is 4.90 Å². The third-order valence-electron chi connectivity index (χ3n) is 8.80. The van der Waals surface area contributed by atoms with Gasteiger partial charge in [-0.25, -0.2) is 0 Å². The molecule has 45 heavy (non-hydrogen) atoms. The van der Waals surface area contributed by atoms with Crippen molar-refractivity contribution < 1.29 is 0 Å². The fourth-order valence-electron chi connectivity index (χ4n) is 6.49. The van der Waals surface area contributed by atoms with E-state index in [0.29, 0.717) is 0 Å². The number of hydrogen-bond donors (Lipinski definition) is 0. The van der Waals surface area contributed by atoms with Crippen LogP contribution in [0.2, 0.25) is 5.02 Å². The highest BCUT2D eigenvalue weighted by atomic mass is 35.5. The molecule has 3 heteroatoms. The normalized spacial score (nSPS) is 12.2. The molecule has 0 unspecified atom stereocenters. The largest absolute Gasteiger partial charge is 0.306 e. The zero-order valence-corrected chi connectivity index (χ0v) is 26.7. The molecule has 0 N–H and O–H groups in total. The molecular weight excluding hydrogens is 586 g/mol. The summed E-state index contributed by atoms with van der Waals surface area (Å²) in [5.74, 6) is 0. The number of anilines is 3. The third kappa shape index (κ3) is 4.91. The smallest absolute Gasteiger partial charge is 0.0788 e. The van der Waals surface area contributed by atoms with Gasteiger partial charge >= 0.3 is 0 Å². The van der Waals surface area contributed by atoms with Crippen LogP contribution in [0.5, 0.6) is 0 Å². The van der Waals surface area contributed by atoms with Crippen LogP contribution in [-0.4, -0.2) is 0 Å². The van der Waals surface area contributed by atoms with Crippen molar-refractivity contribution in [2.45, 2.75) is 23.6 Å². The number of benzene rings is 7. The number of para-hydroxylation sites is 1. The summed E-state index contributed by atoms with van der Waals surface area (Å²) in [6.45, 7) is 4.38. The van der Waals surface area contributed by atoms with Crippen molar-refractivity contribution in [3.8, 4) is 33.4 Å². The lowest BCUT2D eigenvalue weighted by atomic mass is 9.92. The Kier molecular flexibility index (Phi) is 6.98. The predicted octanol–water partition coefficient (Wildman–Crippen LogP) is 13.0. The molecule has 0 saturated carbocycles. The number of fused-ring (bicyclic) bond motifs is 3. The Balaban J connectivity index is 1.26. The molecule has 0 amide bonds. The van der Waals surface area contributed by atoms with E-state index in [1.165, 1.54) is 60.2 Å². The molecule has 0 saturated heterocycles. The van der Waals surface area contributed by atoms with Crippen molar-refractivity contribution in [3.05, 3.63) is 162 Å². The van der Waals surface area contributed by atoms with E-state index in [1.54, 1.807) is 11.8 Å². The van der Waals surface area contributed by atoms with Gasteiger partial charge in [-0.05, 0) is 106 Å². The van der Waals surface area contributed by atoms with Gasteiger partial charge in [0.25, 0.3) is 0 Å². The molecule has 1 heterocycles. The maximum Gasteiger partial charge on any atom is 0.0788 e. The van der Waals surface area contributed by atoms with Crippen LogP contribution in [-0.2, 0) is 0 Å². The Morgan fingerprint density at radius 1 is 0.489 bits per heavy atom. The minimum absolute atomic E-state index is 0.745. The highest BCUT2D eigenvalue weighted by molar-refractivity contribution is 7.99. The van der Waals surface area contributed by atoms with Crippen molar-refractivity contribution in [2.75, 3.05) is 4.90 Å². The maximum absolute atomic E-state index is 6.97. The van der Waals surface area contributed by atoms with Crippen LogP contribution in [0, 0.1) is 13.8 Å². The van der Waals surface area contributed by atoms with Crippen molar-refractivity contribution in [2.24, 2.45) is 0 Å². The third-order valence-corrected chi connectivity index (χ3v) is 10.2. The number of halogens is 1. The van der Waals surface area contributed by atoms with Crippen molar-refractivity contribution in [1.82, 2.24) is 0 Å². The van der Waals surface area contributed by atoms with Gasteiger partial charge in [-0.15, -0.1) is 0 Å². The molecule has 0 aliphatic carbocycles. The monoisotopic (exact) mass is 615 g/mol. The summed E-state index contributed by atoms with van der Waals surface area (Å²) in [6.07, 6.45) is 0. The molecule has 1 nitrogen and oxygen atoms in total. The first-order valence-corrected chi connectivity index (χ1v) is 16.4. The van der Waals surface area contributed by atoms with E-state index in [0.717, 1.165) is 27.0 Å². The van der Waals surface area contributed by atoms with Gasteiger partial charge < -0.3 is 4.90 Å². The molecule has 7 aromatic rings. The highest BCUT2D eigenvalue weighted by Gasteiger charge is 2.28. The summed E-state index contributed by atoms with van der Waals surface area (Å²) in [6, 6.07) is 52.4. The minimum atomic E-state index is 0.745. The van der Waals surface area contributed by atoms with E-state index in [2.05, 4.69) is 152 Å². The van der Waals surface area contributed by atoms with Crippen LogP contribution >= 0.6 is 23.4 Å². The standard InChI is InChI=1S/C42H30ClNS/c1-27-10-3-5-15-34(27)36-25-32(21-20-28(36)2)30-13-7-14-31(24-30)33-22-23-40-39(26-33)44(42-37(43)17-9-19-41(42)45-40)38-18-8-12-29-11-4-6-16-35(29)38/h3-26H,1-2H3. The highest BCUT2D eigenvalue weighted by Crippen LogP contribution is 2.55. The molecule has 0 fully saturated rings. The average molecular weight is 616 g/mol. The van der Waals surface area contributed by atoms with Crippen LogP contribution in [0.15, 0.2) is 155 Å². The first kappa shape index (κ1) is 27.8. The summed E-state index contributed by atoms with van der Waals surface area (Å²) in [5.41, 5.74) is 13.2. The molecule has 7 aromatic carbocycles. The molecule has 8 rings (SSSR count). The van der Waals surface area contributed by atoms with Crippen molar-refractivity contribution >= 4 is 51.2 Å². The Labute approximate surface area is 273 Å². The van der Waals surface area contributed by atoms with E-state index in [1.807, 2.05) is 12.1 Å². The molecule has 1 aliphatic rings. The molecule has 0 bridgehead atoms. The topological polar surface area (TPSA) is 3.24 Å². The Morgan fingerprint density at radius 2 is 1.16 bits per heavy atom. The molecule has 0 radical (unpaired) electrons. The quantitative estimate of drug-likeness (QED) is 0.194. The summed E-state index contributed by atoms with van der Waals surface area (Å²) in [5, 5.41) is 3.14. The Bertz CT molecular complexity index is 2250. The number of nitrogens with zero attached hydrogens (tertiary/aromatic N) is 1. The second kappa shape index (κ2) is 11.3. The van der Waals surface area contributed by atoms with E-state index in [9.17, 15) is 0 Å². The first-order chi connectivity index (χ1) is 22.0. The van der Waals surface area contributed by atoms with Crippen LogP contribution in [0.4, 0.5) is 17.1 Å². The SMILES string of the molecule is Cc1ccccc1-c1cc(-c2cccc(-c3ccc4c(c3)N(c3cccc5ccccc35)c3c(Cl)cccc3S4)c2)ccc1C. The zero-order valence-electron chi connectivity index (χ0n) is 25.1. The summed E-state index contributed by atoms with van der Waals surface area (Å²) >= 11 is 8.75. The zero-order chi connectivity index (χ0) is 30.5. The number of aryl methyl sites for hydroxylation is 2. The van der Waals surface area contributed by atoms with Gasteiger partial charge in [0.05, 0.1) is 22.1 Å². The summed E-state index contributed by atoms with van der Waals surface area (Å²) < 4.78 is 0. The summed E-state index contributed by atoms with van der Waals surface area (Å²) in [7, 11) is 0. The fraction of sp³-hybridized carbons (Fsp3) is 0.0476. The Hall–Kier alpha value is -4.76. The average Bonchev–Trinajstić information content (AvgIpc) is 3.08. The molecular formula is C42H30ClNS. The maximum atomic E-state index is 6.97. The van der Waals surface area contributed by atoms with Crippen molar-refractivity contribution in [3.63, 3.8) is 0 Å².